The number of hydrazone groups is 1. The fourth-order valence-corrected chi connectivity index (χ4v) is 1.63. The molecule has 0 saturated carbocycles. The first-order valence-corrected chi connectivity index (χ1v) is 5.88. The number of hydrogen-bond donors (Lipinski definition) is 1. The Balaban J connectivity index is 1.88. The summed E-state index contributed by atoms with van der Waals surface area (Å²) in [7, 11) is 0. The van der Waals surface area contributed by atoms with Crippen molar-refractivity contribution in [3.63, 3.8) is 0 Å². The Labute approximate surface area is 111 Å². The first kappa shape index (κ1) is 12.9. The minimum atomic E-state index is -0.212. The van der Waals surface area contributed by atoms with Gasteiger partial charge in [0.25, 0.3) is 5.91 Å². The van der Waals surface area contributed by atoms with Crippen molar-refractivity contribution in [2.45, 2.75) is 20.4 Å². The lowest BCUT2D eigenvalue weighted by atomic mass is 10.3. The number of nitrogens with one attached hydrogen (secondary N) is 1. The summed E-state index contributed by atoms with van der Waals surface area (Å²) in [6.45, 7) is 3.96. The van der Waals surface area contributed by atoms with Crippen LogP contribution in [0.4, 0.5) is 0 Å². The highest BCUT2D eigenvalue weighted by molar-refractivity contribution is 5.82. The van der Waals surface area contributed by atoms with Gasteiger partial charge in [0.2, 0.25) is 0 Å². The molecule has 6 heteroatoms. The van der Waals surface area contributed by atoms with Crippen LogP contribution in [0.5, 0.6) is 0 Å². The van der Waals surface area contributed by atoms with Crippen LogP contribution in [0, 0.1) is 13.8 Å². The fourth-order valence-electron chi connectivity index (χ4n) is 1.63. The lowest BCUT2D eigenvalue weighted by Gasteiger charge is -2.02. The molecule has 0 unspecified atom stereocenters. The summed E-state index contributed by atoms with van der Waals surface area (Å²) in [6.07, 6.45) is 4.90. The molecule has 0 atom stereocenters. The maximum atomic E-state index is 11.7. The molecule has 2 heterocycles. The summed E-state index contributed by atoms with van der Waals surface area (Å²) in [5.41, 5.74) is 5.19. The van der Waals surface area contributed by atoms with Crippen molar-refractivity contribution >= 4 is 12.1 Å². The molecule has 0 aliphatic rings. The Morgan fingerprint density at radius 2 is 2.16 bits per heavy atom. The van der Waals surface area contributed by atoms with Gasteiger partial charge in [-0.3, -0.25) is 14.5 Å². The Bertz CT molecular complexity index is 588. The Kier molecular flexibility index (Phi) is 4.02. The first-order chi connectivity index (χ1) is 9.15. The number of hydrogen-bond acceptors (Lipinski definition) is 4. The second kappa shape index (κ2) is 5.90. The zero-order valence-electron chi connectivity index (χ0n) is 10.9. The summed E-state index contributed by atoms with van der Waals surface area (Å²) in [5, 5.41) is 8.09. The van der Waals surface area contributed by atoms with Crippen molar-refractivity contribution in [2.24, 2.45) is 5.10 Å². The largest absolute Gasteiger partial charge is 0.271 e. The van der Waals surface area contributed by atoms with Crippen LogP contribution < -0.4 is 5.43 Å². The smallest absolute Gasteiger partial charge is 0.261 e. The van der Waals surface area contributed by atoms with E-state index in [1.807, 2.05) is 19.9 Å². The molecule has 1 N–H and O–H groups in total. The van der Waals surface area contributed by atoms with Crippen LogP contribution in [0.2, 0.25) is 0 Å². The lowest BCUT2D eigenvalue weighted by molar-refractivity contribution is -0.121. The summed E-state index contributed by atoms with van der Waals surface area (Å²) in [6, 6.07) is 5.53. The first-order valence-electron chi connectivity index (χ1n) is 5.88. The number of carbonyl (C=O) groups is 1. The van der Waals surface area contributed by atoms with Crippen LogP contribution >= 0.6 is 0 Å². The van der Waals surface area contributed by atoms with Gasteiger partial charge in [0.05, 0.1) is 11.9 Å². The molecule has 0 fully saturated rings. The SMILES string of the molecule is Cc1cc(C)n(CC(=O)N/N=C\c2ccncc2)n1. The van der Waals surface area contributed by atoms with Gasteiger partial charge in [-0.05, 0) is 37.6 Å². The normalized spacial score (nSPS) is 10.8. The van der Waals surface area contributed by atoms with Crippen molar-refractivity contribution in [1.29, 1.82) is 0 Å². The summed E-state index contributed by atoms with van der Waals surface area (Å²) in [4.78, 5) is 15.6. The molecule has 19 heavy (non-hydrogen) atoms. The standard InChI is InChI=1S/C13H15N5O/c1-10-7-11(2)18(17-10)9-13(19)16-15-8-12-3-5-14-6-4-12/h3-8H,9H2,1-2H3,(H,16,19)/b15-8-. The quantitative estimate of drug-likeness (QED) is 0.657. The topological polar surface area (TPSA) is 72.2 Å². The summed E-state index contributed by atoms with van der Waals surface area (Å²) < 4.78 is 1.65. The van der Waals surface area contributed by atoms with Gasteiger partial charge in [0.1, 0.15) is 6.54 Å². The molecule has 0 bridgehead atoms. The molecule has 0 aromatic carbocycles. The molecule has 0 spiro atoms. The third-order valence-electron chi connectivity index (χ3n) is 2.51. The average molecular weight is 257 g/mol. The van der Waals surface area contributed by atoms with E-state index in [0.717, 1.165) is 17.0 Å². The van der Waals surface area contributed by atoms with Crippen LogP contribution in [-0.4, -0.2) is 26.9 Å². The highest BCUT2D eigenvalue weighted by Gasteiger charge is 2.05. The minimum Gasteiger partial charge on any atom is -0.271 e. The number of aromatic nitrogens is 3. The van der Waals surface area contributed by atoms with Crippen molar-refractivity contribution in [3.05, 3.63) is 47.5 Å². The zero-order valence-corrected chi connectivity index (χ0v) is 10.9. The molecule has 0 aliphatic carbocycles. The fraction of sp³-hybridized carbons (Fsp3) is 0.231. The minimum absolute atomic E-state index is 0.160. The lowest BCUT2D eigenvalue weighted by Crippen LogP contribution is -2.24. The molecular formula is C13H15N5O. The summed E-state index contributed by atoms with van der Waals surface area (Å²) >= 11 is 0. The van der Waals surface area contributed by atoms with Crippen molar-refractivity contribution in [1.82, 2.24) is 20.2 Å². The highest BCUT2D eigenvalue weighted by Crippen LogP contribution is 2.00. The van der Waals surface area contributed by atoms with Gasteiger partial charge in [0.15, 0.2) is 0 Å². The van der Waals surface area contributed by atoms with Crippen LogP contribution in [-0.2, 0) is 11.3 Å². The summed E-state index contributed by atoms with van der Waals surface area (Å²) in [5.74, 6) is -0.212. The molecule has 98 valence electrons. The molecule has 6 nitrogen and oxygen atoms in total. The van der Waals surface area contributed by atoms with E-state index < -0.39 is 0 Å². The number of rotatable bonds is 4. The third-order valence-corrected chi connectivity index (χ3v) is 2.51. The van der Waals surface area contributed by atoms with Gasteiger partial charge in [-0.25, -0.2) is 5.43 Å². The van der Waals surface area contributed by atoms with Gasteiger partial charge >= 0.3 is 0 Å². The number of amides is 1. The maximum Gasteiger partial charge on any atom is 0.261 e. The maximum absolute atomic E-state index is 11.7. The van der Waals surface area contributed by atoms with Gasteiger partial charge in [-0.2, -0.15) is 10.2 Å². The van der Waals surface area contributed by atoms with Crippen LogP contribution in [0.3, 0.4) is 0 Å². The van der Waals surface area contributed by atoms with Crippen molar-refractivity contribution in [2.75, 3.05) is 0 Å². The predicted molar refractivity (Wildman–Crippen MR) is 71.7 cm³/mol. The Morgan fingerprint density at radius 3 is 2.79 bits per heavy atom. The second-order valence-corrected chi connectivity index (χ2v) is 4.16. The molecule has 2 rings (SSSR count). The predicted octanol–water partition coefficient (Wildman–Crippen LogP) is 1.05. The highest BCUT2D eigenvalue weighted by atomic mass is 16.2. The van der Waals surface area contributed by atoms with E-state index in [1.165, 1.54) is 0 Å². The van der Waals surface area contributed by atoms with Gasteiger partial charge < -0.3 is 0 Å². The molecule has 0 saturated heterocycles. The molecule has 2 aromatic rings. The van der Waals surface area contributed by atoms with Gasteiger partial charge in [0, 0.05) is 18.1 Å². The monoisotopic (exact) mass is 257 g/mol. The van der Waals surface area contributed by atoms with E-state index in [-0.39, 0.29) is 12.5 Å². The Morgan fingerprint density at radius 1 is 1.42 bits per heavy atom. The molecular weight excluding hydrogens is 242 g/mol. The van der Waals surface area contributed by atoms with Gasteiger partial charge in [-0.15, -0.1) is 0 Å². The number of aryl methyl sites for hydroxylation is 2. The van der Waals surface area contributed by atoms with Gasteiger partial charge in [-0.1, -0.05) is 0 Å². The van der Waals surface area contributed by atoms with E-state index in [4.69, 9.17) is 0 Å². The molecule has 0 aliphatic heterocycles. The third kappa shape index (κ3) is 3.74. The van der Waals surface area contributed by atoms with E-state index in [2.05, 4.69) is 20.6 Å². The number of nitrogens with zero attached hydrogens (tertiary/aromatic N) is 4. The van der Waals surface area contributed by atoms with E-state index in [9.17, 15) is 4.79 Å². The Hall–Kier alpha value is -2.50. The molecule has 0 radical (unpaired) electrons. The van der Waals surface area contributed by atoms with Crippen LogP contribution in [0.15, 0.2) is 35.7 Å². The second-order valence-electron chi connectivity index (χ2n) is 4.16. The number of pyridine rings is 1. The van der Waals surface area contributed by atoms with Crippen molar-refractivity contribution in [3.8, 4) is 0 Å². The van der Waals surface area contributed by atoms with Crippen LogP contribution in [0.25, 0.3) is 0 Å². The number of carbonyl (C=O) groups excluding carboxylic acids is 1. The molecule has 2 aromatic heterocycles. The van der Waals surface area contributed by atoms with E-state index in [1.54, 1.807) is 35.4 Å². The zero-order chi connectivity index (χ0) is 13.7. The van der Waals surface area contributed by atoms with Crippen molar-refractivity contribution < 1.29 is 4.79 Å². The molecule has 1 amide bonds. The van der Waals surface area contributed by atoms with E-state index in [0.29, 0.717) is 0 Å². The van der Waals surface area contributed by atoms with E-state index >= 15 is 0 Å². The average Bonchev–Trinajstić information content (AvgIpc) is 2.69. The van der Waals surface area contributed by atoms with Crippen LogP contribution in [0.1, 0.15) is 17.0 Å².